The number of carboxylic acids is 1. The van der Waals surface area contributed by atoms with Crippen LogP contribution in [0.3, 0.4) is 0 Å². The first kappa shape index (κ1) is 18.2. The van der Waals surface area contributed by atoms with Crippen LogP contribution in [-0.2, 0) is 23.9 Å². The molecule has 1 rings (SSSR count). The topological polar surface area (TPSA) is 110 Å². The second-order valence-electron chi connectivity index (χ2n) is 5.44. The largest absolute Gasteiger partial charge is 0.478 e. The highest BCUT2D eigenvalue weighted by Gasteiger charge is 2.39. The molecule has 0 aliphatic carbocycles. The van der Waals surface area contributed by atoms with Crippen molar-refractivity contribution >= 4 is 17.9 Å². The van der Waals surface area contributed by atoms with Crippen molar-refractivity contribution in [1.29, 1.82) is 0 Å². The zero-order valence-corrected chi connectivity index (χ0v) is 13.0. The highest BCUT2D eigenvalue weighted by atomic mass is 16.6. The quantitative estimate of drug-likeness (QED) is 0.511. The van der Waals surface area contributed by atoms with E-state index in [1.807, 2.05) is 0 Å². The summed E-state index contributed by atoms with van der Waals surface area (Å²) in [5, 5.41) is 19.2. The molecule has 7 heteroatoms. The first-order chi connectivity index (χ1) is 10.2. The minimum atomic E-state index is -1.25. The highest BCUT2D eigenvalue weighted by molar-refractivity contribution is 6.03. The van der Waals surface area contributed by atoms with E-state index in [0.29, 0.717) is 25.7 Å². The number of unbranched alkanes of at least 4 members (excludes halogenated alkanes) is 1. The number of aliphatic hydroxyl groups is 1. The van der Waals surface area contributed by atoms with Gasteiger partial charge in [-0.25, -0.2) is 9.59 Å². The number of cyclic esters (lactones) is 1. The lowest BCUT2D eigenvalue weighted by molar-refractivity contribution is -0.146. The van der Waals surface area contributed by atoms with Crippen molar-refractivity contribution < 1.29 is 34.1 Å². The molecule has 0 saturated carbocycles. The number of hydrogen-bond acceptors (Lipinski definition) is 6. The number of carbonyl (C=O) groups excluding carboxylic acids is 2. The van der Waals surface area contributed by atoms with E-state index in [9.17, 15) is 19.5 Å². The molecule has 124 valence electrons. The summed E-state index contributed by atoms with van der Waals surface area (Å²) < 4.78 is 9.90. The summed E-state index contributed by atoms with van der Waals surface area (Å²) in [5.41, 5.74) is -0.147. The van der Waals surface area contributed by atoms with Crippen LogP contribution in [0.25, 0.3) is 0 Å². The molecule has 0 fully saturated rings. The lowest BCUT2D eigenvalue weighted by Crippen LogP contribution is -2.31. The van der Waals surface area contributed by atoms with Gasteiger partial charge < -0.3 is 19.7 Å². The minimum Gasteiger partial charge on any atom is -0.478 e. The van der Waals surface area contributed by atoms with Gasteiger partial charge in [-0.05, 0) is 33.1 Å². The molecular formula is C15H22O7. The second kappa shape index (κ2) is 7.93. The Morgan fingerprint density at radius 1 is 1.32 bits per heavy atom. The smallest absolute Gasteiger partial charge is 0.335 e. The van der Waals surface area contributed by atoms with E-state index in [0.717, 1.165) is 0 Å². The molecule has 0 saturated heterocycles. The number of rotatable bonds is 8. The van der Waals surface area contributed by atoms with Gasteiger partial charge in [0.05, 0.1) is 17.8 Å². The minimum absolute atomic E-state index is 0.0278. The molecule has 0 amide bonds. The van der Waals surface area contributed by atoms with E-state index >= 15 is 0 Å². The van der Waals surface area contributed by atoms with Crippen LogP contribution in [0.15, 0.2) is 11.1 Å². The van der Waals surface area contributed by atoms with E-state index in [1.54, 1.807) is 6.92 Å². The molecule has 0 aromatic carbocycles. The van der Waals surface area contributed by atoms with Gasteiger partial charge in [0.2, 0.25) is 0 Å². The molecule has 0 aromatic heterocycles. The molecule has 22 heavy (non-hydrogen) atoms. The average Bonchev–Trinajstić information content (AvgIpc) is 2.70. The van der Waals surface area contributed by atoms with Crippen molar-refractivity contribution in [1.82, 2.24) is 0 Å². The molecule has 2 N–H and O–H groups in total. The zero-order valence-electron chi connectivity index (χ0n) is 13.0. The molecule has 3 atom stereocenters. The van der Waals surface area contributed by atoms with Crippen molar-refractivity contribution in [3.8, 4) is 0 Å². The fraction of sp³-hybridized carbons (Fsp3) is 0.667. The van der Waals surface area contributed by atoms with Gasteiger partial charge in [0.15, 0.2) is 6.10 Å². The van der Waals surface area contributed by atoms with E-state index in [4.69, 9.17) is 14.6 Å². The Bertz CT molecular complexity index is 480. The first-order valence-electron chi connectivity index (χ1n) is 7.24. The normalized spacial score (nSPS) is 20.5. The fourth-order valence-corrected chi connectivity index (χ4v) is 2.42. The molecule has 0 bridgehead atoms. The van der Waals surface area contributed by atoms with Crippen LogP contribution >= 0.6 is 0 Å². The van der Waals surface area contributed by atoms with Gasteiger partial charge in [-0.2, -0.15) is 0 Å². The Hall–Kier alpha value is -1.89. The van der Waals surface area contributed by atoms with Crippen molar-refractivity contribution in [2.45, 2.75) is 64.8 Å². The van der Waals surface area contributed by atoms with Crippen molar-refractivity contribution in [2.24, 2.45) is 0 Å². The van der Waals surface area contributed by atoms with Crippen molar-refractivity contribution in [2.75, 3.05) is 0 Å². The SMILES string of the molecule is CC(=O)OC(C)CCCC[C@H](O)[C@@H]1OC(=O)C(C)=C1C(=O)O. The molecule has 7 nitrogen and oxygen atoms in total. The van der Waals surface area contributed by atoms with Crippen LogP contribution in [0, 0.1) is 0 Å². The second-order valence-corrected chi connectivity index (χ2v) is 5.44. The summed E-state index contributed by atoms with van der Waals surface area (Å²) in [7, 11) is 0. The Morgan fingerprint density at radius 2 is 1.91 bits per heavy atom. The summed E-state index contributed by atoms with van der Waals surface area (Å²) >= 11 is 0. The molecule has 1 aliphatic rings. The van der Waals surface area contributed by atoms with Crippen molar-refractivity contribution in [3.05, 3.63) is 11.1 Å². The molecule has 0 radical (unpaired) electrons. The number of aliphatic carboxylic acids is 1. The molecule has 1 aliphatic heterocycles. The van der Waals surface area contributed by atoms with Crippen LogP contribution in [0.1, 0.15) is 46.5 Å². The third-order valence-electron chi connectivity index (χ3n) is 3.54. The van der Waals surface area contributed by atoms with E-state index in [-0.39, 0.29) is 23.2 Å². The van der Waals surface area contributed by atoms with Crippen LogP contribution < -0.4 is 0 Å². The monoisotopic (exact) mass is 314 g/mol. The van der Waals surface area contributed by atoms with Crippen molar-refractivity contribution in [3.63, 3.8) is 0 Å². The lowest BCUT2D eigenvalue weighted by atomic mass is 9.98. The maximum absolute atomic E-state index is 11.4. The number of ether oxygens (including phenoxy) is 2. The third-order valence-corrected chi connectivity index (χ3v) is 3.54. The van der Waals surface area contributed by atoms with Gasteiger partial charge in [-0.1, -0.05) is 6.42 Å². The Morgan fingerprint density at radius 3 is 2.45 bits per heavy atom. The third kappa shape index (κ3) is 4.84. The Kier molecular flexibility index (Phi) is 6.55. The standard InChI is InChI=1S/C15H22O7/c1-8(21-10(3)16)6-4-5-7-11(17)13-12(14(18)19)9(2)15(20)22-13/h8,11,13,17H,4-7H2,1-3H3,(H,18,19)/t8?,11-,13-/m0/s1. The van der Waals surface area contributed by atoms with Gasteiger partial charge in [0.25, 0.3) is 0 Å². The highest BCUT2D eigenvalue weighted by Crippen LogP contribution is 2.27. The van der Waals surface area contributed by atoms with E-state index in [2.05, 4.69) is 0 Å². The van der Waals surface area contributed by atoms with Crippen LogP contribution in [0.5, 0.6) is 0 Å². The summed E-state index contributed by atoms with van der Waals surface area (Å²) in [5.74, 6) is -2.29. The van der Waals surface area contributed by atoms with Crippen LogP contribution in [-0.4, -0.2) is 46.4 Å². The van der Waals surface area contributed by atoms with Gasteiger partial charge >= 0.3 is 17.9 Å². The van der Waals surface area contributed by atoms with Gasteiger partial charge in [0, 0.05) is 12.5 Å². The fourth-order valence-electron chi connectivity index (χ4n) is 2.42. The molecule has 1 heterocycles. The maximum atomic E-state index is 11.4. The molecule has 0 spiro atoms. The number of carboxylic acid groups (broad SMARTS) is 1. The van der Waals surface area contributed by atoms with Gasteiger partial charge in [-0.3, -0.25) is 4.79 Å². The number of hydrogen-bond donors (Lipinski definition) is 2. The lowest BCUT2D eigenvalue weighted by Gasteiger charge is -2.19. The van der Waals surface area contributed by atoms with Gasteiger partial charge in [0.1, 0.15) is 0 Å². The first-order valence-corrected chi connectivity index (χ1v) is 7.24. The average molecular weight is 314 g/mol. The van der Waals surface area contributed by atoms with Crippen LogP contribution in [0.4, 0.5) is 0 Å². The van der Waals surface area contributed by atoms with E-state index in [1.165, 1.54) is 13.8 Å². The predicted molar refractivity (Wildman–Crippen MR) is 75.9 cm³/mol. The van der Waals surface area contributed by atoms with Gasteiger partial charge in [-0.15, -0.1) is 0 Å². The summed E-state index contributed by atoms with van der Waals surface area (Å²) in [6, 6.07) is 0. The van der Waals surface area contributed by atoms with Crippen LogP contribution in [0.2, 0.25) is 0 Å². The maximum Gasteiger partial charge on any atom is 0.335 e. The number of aliphatic hydroxyl groups excluding tert-OH is 1. The zero-order chi connectivity index (χ0) is 16.9. The molecule has 1 unspecified atom stereocenters. The predicted octanol–water partition coefficient (Wildman–Crippen LogP) is 1.19. The number of esters is 2. The Labute approximate surface area is 128 Å². The summed E-state index contributed by atoms with van der Waals surface area (Å²) in [6.45, 7) is 4.50. The molecular weight excluding hydrogens is 292 g/mol. The summed E-state index contributed by atoms with van der Waals surface area (Å²) in [6.07, 6.45) is -0.112. The Balaban J connectivity index is 2.43. The summed E-state index contributed by atoms with van der Waals surface area (Å²) in [4.78, 5) is 33.3. The van der Waals surface area contributed by atoms with E-state index < -0.39 is 24.1 Å². The molecule has 0 aromatic rings. The number of carbonyl (C=O) groups is 3.